The van der Waals surface area contributed by atoms with Gasteiger partial charge in [0.05, 0.1) is 5.56 Å². The summed E-state index contributed by atoms with van der Waals surface area (Å²) in [7, 11) is 0. The fraction of sp³-hybridized carbons (Fsp3) is 0.200. The van der Waals surface area contributed by atoms with E-state index in [0.29, 0.717) is 24.0 Å². The zero-order valence-electron chi connectivity index (χ0n) is 16.6. The van der Waals surface area contributed by atoms with Gasteiger partial charge in [0.2, 0.25) is 0 Å². The molecule has 0 aliphatic rings. The van der Waals surface area contributed by atoms with E-state index < -0.39 is 11.8 Å². The summed E-state index contributed by atoms with van der Waals surface area (Å²) in [6, 6.07) is 22.7. The van der Waals surface area contributed by atoms with Crippen molar-refractivity contribution in [3.05, 3.63) is 107 Å². The maximum Gasteiger partial charge on any atom is 0.338 e. The number of aryl methyl sites for hydroxylation is 1. The molecule has 0 spiro atoms. The Bertz CT molecular complexity index is 971. The van der Waals surface area contributed by atoms with E-state index in [1.807, 2.05) is 60.7 Å². The lowest BCUT2D eigenvalue weighted by Crippen LogP contribution is -2.10. The zero-order valence-corrected chi connectivity index (χ0v) is 16.6. The van der Waals surface area contributed by atoms with Gasteiger partial charge in [-0.1, -0.05) is 60.7 Å². The van der Waals surface area contributed by atoms with E-state index in [0.717, 1.165) is 11.1 Å². The summed E-state index contributed by atoms with van der Waals surface area (Å²) < 4.78 is 24.3. The average Bonchev–Trinajstić information content (AvgIpc) is 2.77. The molecule has 0 aliphatic heterocycles. The van der Waals surface area contributed by atoms with Crippen LogP contribution >= 0.6 is 0 Å². The van der Waals surface area contributed by atoms with Crippen molar-refractivity contribution in [2.45, 2.75) is 32.5 Å². The highest BCUT2D eigenvalue weighted by atomic mass is 19.1. The quantitative estimate of drug-likeness (QED) is 0.456. The highest BCUT2D eigenvalue weighted by Crippen LogP contribution is 2.17. The highest BCUT2D eigenvalue weighted by molar-refractivity contribution is 5.91. The van der Waals surface area contributed by atoms with Crippen molar-refractivity contribution in [2.75, 3.05) is 0 Å². The third kappa shape index (κ3) is 6.55. The Morgan fingerprint density at radius 2 is 1.37 bits per heavy atom. The normalized spacial score (nSPS) is 10.4. The van der Waals surface area contributed by atoms with E-state index in [1.54, 1.807) is 0 Å². The van der Waals surface area contributed by atoms with Crippen LogP contribution in [0, 0.1) is 5.82 Å². The SMILES string of the molecule is O=C(CCCc1cc(F)ccc1C(=O)OCc1ccccc1)OCc1ccccc1. The van der Waals surface area contributed by atoms with Crippen molar-refractivity contribution in [1.82, 2.24) is 0 Å². The van der Waals surface area contributed by atoms with Gasteiger partial charge in [-0.3, -0.25) is 4.79 Å². The van der Waals surface area contributed by atoms with E-state index in [4.69, 9.17) is 9.47 Å². The number of hydrogen-bond donors (Lipinski definition) is 0. The molecule has 3 rings (SSSR count). The van der Waals surface area contributed by atoms with Crippen molar-refractivity contribution in [1.29, 1.82) is 0 Å². The molecule has 0 amide bonds. The van der Waals surface area contributed by atoms with E-state index in [9.17, 15) is 14.0 Å². The van der Waals surface area contributed by atoms with Gasteiger partial charge in [-0.05, 0) is 47.7 Å². The number of carbonyl (C=O) groups is 2. The summed E-state index contributed by atoms with van der Waals surface area (Å²) in [5.74, 6) is -1.28. The maximum atomic E-state index is 13.7. The molecular formula is C25H23FO4. The first-order chi connectivity index (χ1) is 14.6. The third-order valence-corrected chi connectivity index (χ3v) is 4.57. The second-order valence-electron chi connectivity index (χ2n) is 6.86. The molecule has 30 heavy (non-hydrogen) atoms. The lowest BCUT2D eigenvalue weighted by molar-refractivity contribution is -0.145. The number of rotatable bonds is 9. The summed E-state index contributed by atoms with van der Waals surface area (Å²) in [5.41, 5.74) is 2.61. The smallest absolute Gasteiger partial charge is 0.338 e. The monoisotopic (exact) mass is 406 g/mol. The predicted molar refractivity (Wildman–Crippen MR) is 111 cm³/mol. The van der Waals surface area contributed by atoms with Crippen LogP contribution in [-0.4, -0.2) is 11.9 Å². The van der Waals surface area contributed by atoms with Crippen molar-refractivity contribution >= 4 is 11.9 Å². The number of esters is 2. The summed E-state index contributed by atoms with van der Waals surface area (Å²) in [6.45, 7) is 0.360. The van der Waals surface area contributed by atoms with Gasteiger partial charge in [-0.15, -0.1) is 0 Å². The fourth-order valence-corrected chi connectivity index (χ4v) is 3.00. The summed E-state index contributed by atoms with van der Waals surface area (Å²) in [4.78, 5) is 24.4. The molecule has 0 unspecified atom stereocenters. The molecule has 0 saturated heterocycles. The van der Waals surface area contributed by atoms with Gasteiger partial charge in [0.1, 0.15) is 19.0 Å². The molecular weight excluding hydrogens is 383 g/mol. The molecule has 0 aliphatic carbocycles. The number of halogens is 1. The minimum Gasteiger partial charge on any atom is -0.461 e. The first-order valence-electron chi connectivity index (χ1n) is 9.81. The van der Waals surface area contributed by atoms with Gasteiger partial charge in [0.25, 0.3) is 0 Å². The van der Waals surface area contributed by atoms with Crippen LogP contribution in [0.1, 0.15) is 39.9 Å². The lowest BCUT2D eigenvalue weighted by atomic mass is 10.0. The third-order valence-electron chi connectivity index (χ3n) is 4.57. The Balaban J connectivity index is 1.51. The van der Waals surface area contributed by atoms with Gasteiger partial charge in [-0.25, -0.2) is 9.18 Å². The Labute approximate surface area is 175 Å². The summed E-state index contributed by atoms with van der Waals surface area (Å²) in [6.07, 6.45) is 0.992. The lowest BCUT2D eigenvalue weighted by Gasteiger charge is -2.10. The summed E-state index contributed by atoms with van der Waals surface area (Å²) in [5, 5.41) is 0. The van der Waals surface area contributed by atoms with Crippen molar-refractivity contribution < 1.29 is 23.5 Å². The van der Waals surface area contributed by atoms with E-state index in [-0.39, 0.29) is 25.6 Å². The van der Waals surface area contributed by atoms with E-state index >= 15 is 0 Å². The topological polar surface area (TPSA) is 52.6 Å². The van der Waals surface area contributed by atoms with Gasteiger partial charge in [-0.2, -0.15) is 0 Å². The summed E-state index contributed by atoms with van der Waals surface area (Å²) >= 11 is 0. The van der Waals surface area contributed by atoms with Crippen LogP contribution in [0.5, 0.6) is 0 Å². The molecule has 3 aromatic rings. The van der Waals surface area contributed by atoms with Crippen molar-refractivity contribution in [3.63, 3.8) is 0 Å². The molecule has 0 saturated carbocycles. The van der Waals surface area contributed by atoms with Crippen LogP contribution in [0.25, 0.3) is 0 Å². The second kappa shape index (κ2) is 10.9. The standard InChI is InChI=1S/C25H23FO4/c26-22-14-15-23(25(28)30-18-20-10-5-2-6-11-20)21(16-22)12-7-13-24(27)29-17-19-8-3-1-4-9-19/h1-6,8-11,14-16H,7,12-13,17-18H2. The van der Waals surface area contributed by atoms with Crippen LogP contribution in [0.4, 0.5) is 4.39 Å². The Morgan fingerprint density at radius 1 is 0.767 bits per heavy atom. The van der Waals surface area contributed by atoms with Gasteiger partial charge in [0.15, 0.2) is 0 Å². The predicted octanol–water partition coefficient (Wildman–Crippen LogP) is 5.25. The Hall–Kier alpha value is -3.47. The van der Waals surface area contributed by atoms with Gasteiger partial charge >= 0.3 is 11.9 Å². The van der Waals surface area contributed by atoms with Crippen LogP contribution < -0.4 is 0 Å². The number of ether oxygens (including phenoxy) is 2. The van der Waals surface area contributed by atoms with Crippen LogP contribution in [-0.2, 0) is 33.9 Å². The second-order valence-corrected chi connectivity index (χ2v) is 6.86. The molecule has 154 valence electrons. The molecule has 0 fully saturated rings. The van der Waals surface area contributed by atoms with Crippen LogP contribution in [0.15, 0.2) is 78.9 Å². The van der Waals surface area contributed by atoms with Gasteiger partial charge in [0, 0.05) is 6.42 Å². The number of carbonyl (C=O) groups excluding carboxylic acids is 2. The molecule has 5 heteroatoms. The first-order valence-corrected chi connectivity index (χ1v) is 9.81. The van der Waals surface area contributed by atoms with Crippen molar-refractivity contribution in [2.24, 2.45) is 0 Å². The minimum atomic E-state index is -0.513. The molecule has 0 heterocycles. The van der Waals surface area contributed by atoms with E-state index in [1.165, 1.54) is 18.2 Å². The Kier molecular flexibility index (Phi) is 7.72. The fourth-order valence-electron chi connectivity index (χ4n) is 3.00. The van der Waals surface area contributed by atoms with Crippen molar-refractivity contribution in [3.8, 4) is 0 Å². The first kappa shape index (κ1) is 21.2. The molecule has 0 aromatic heterocycles. The molecule has 3 aromatic carbocycles. The van der Waals surface area contributed by atoms with Crippen LogP contribution in [0.2, 0.25) is 0 Å². The largest absolute Gasteiger partial charge is 0.461 e. The molecule has 0 bridgehead atoms. The maximum absolute atomic E-state index is 13.7. The molecule has 0 atom stereocenters. The molecule has 0 N–H and O–H groups in total. The molecule has 0 radical (unpaired) electrons. The minimum absolute atomic E-state index is 0.141. The molecule has 4 nitrogen and oxygen atoms in total. The average molecular weight is 406 g/mol. The van der Waals surface area contributed by atoms with Crippen LogP contribution in [0.3, 0.4) is 0 Å². The highest BCUT2D eigenvalue weighted by Gasteiger charge is 2.15. The Morgan fingerprint density at radius 3 is 2.00 bits per heavy atom. The van der Waals surface area contributed by atoms with Gasteiger partial charge < -0.3 is 9.47 Å². The number of benzene rings is 3. The number of hydrogen-bond acceptors (Lipinski definition) is 4. The van der Waals surface area contributed by atoms with E-state index in [2.05, 4.69) is 0 Å². The zero-order chi connectivity index (χ0) is 21.2.